The average molecular weight is 299 g/mol. The van der Waals surface area contributed by atoms with Crippen LogP contribution in [0.15, 0.2) is 42.7 Å². The average Bonchev–Trinajstić information content (AvgIpc) is 2.47. The molecule has 116 valence electrons. The van der Waals surface area contributed by atoms with Gasteiger partial charge in [-0.25, -0.2) is 14.8 Å². The Hall–Kier alpha value is -2.43. The predicted octanol–water partition coefficient (Wildman–Crippen LogP) is 3.21. The van der Waals surface area contributed by atoms with Crippen LogP contribution in [0.2, 0.25) is 0 Å². The molecule has 0 aliphatic carbocycles. The molecule has 1 N–H and O–H groups in total. The van der Waals surface area contributed by atoms with Crippen molar-refractivity contribution in [3.63, 3.8) is 0 Å². The van der Waals surface area contributed by atoms with Gasteiger partial charge in [-0.15, -0.1) is 0 Å². The first-order chi connectivity index (χ1) is 10.4. The highest BCUT2D eigenvalue weighted by molar-refractivity contribution is 5.67. The lowest BCUT2D eigenvalue weighted by molar-refractivity contribution is 0.0528. The van der Waals surface area contributed by atoms with Crippen molar-refractivity contribution in [1.82, 2.24) is 15.3 Å². The normalized spacial score (nSPS) is 11.0. The van der Waals surface area contributed by atoms with Gasteiger partial charge in [0.1, 0.15) is 5.60 Å². The molecule has 0 aliphatic heterocycles. The molecule has 5 nitrogen and oxygen atoms in total. The molecule has 0 radical (unpaired) electrons. The van der Waals surface area contributed by atoms with E-state index in [1.165, 1.54) is 0 Å². The summed E-state index contributed by atoms with van der Waals surface area (Å²) in [4.78, 5) is 20.2. The first-order valence-electron chi connectivity index (χ1n) is 7.27. The molecule has 0 aliphatic rings. The van der Waals surface area contributed by atoms with Crippen molar-refractivity contribution in [3.05, 3.63) is 48.3 Å². The maximum atomic E-state index is 11.5. The maximum Gasteiger partial charge on any atom is 0.407 e. The molecule has 1 aromatic heterocycles. The molecule has 1 heterocycles. The number of amides is 1. The zero-order valence-corrected chi connectivity index (χ0v) is 13.2. The zero-order chi connectivity index (χ0) is 16.0. The highest BCUT2D eigenvalue weighted by Gasteiger charge is 2.15. The molecule has 1 aromatic carbocycles. The van der Waals surface area contributed by atoms with Crippen molar-refractivity contribution in [3.8, 4) is 11.4 Å². The first-order valence-corrected chi connectivity index (χ1v) is 7.27. The molecule has 2 rings (SSSR count). The number of benzene rings is 1. The Morgan fingerprint density at radius 3 is 2.36 bits per heavy atom. The fraction of sp³-hybridized carbons (Fsp3) is 0.353. The predicted molar refractivity (Wildman–Crippen MR) is 85.4 cm³/mol. The van der Waals surface area contributed by atoms with Crippen LogP contribution in [0.4, 0.5) is 4.79 Å². The second-order valence-corrected chi connectivity index (χ2v) is 5.96. The number of carbonyl (C=O) groups excluding carboxylic acids is 1. The van der Waals surface area contributed by atoms with E-state index in [1.54, 1.807) is 12.4 Å². The summed E-state index contributed by atoms with van der Waals surface area (Å²) >= 11 is 0. The van der Waals surface area contributed by atoms with Gasteiger partial charge in [0.15, 0.2) is 5.82 Å². The van der Waals surface area contributed by atoms with E-state index in [-0.39, 0.29) is 0 Å². The monoisotopic (exact) mass is 299 g/mol. The smallest absolute Gasteiger partial charge is 0.407 e. The highest BCUT2D eigenvalue weighted by Crippen LogP contribution is 2.13. The van der Waals surface area contributed by atoms with Crippen LogP contribution in [-0.2, 0) is 11.2 Å². The lowest BCUT2D eigenvalue weighted by Crippen LogP contribution is -2.33. The Kier molecular flexibility index (Phi) is 5.09. The molecule has 0 unspecified atom stereocenters. The molecule has 0 saturated heterocycles. The molecular formula is C17H21N3O2. The van der Waals surface area contributed by atoms with Gasteiger partial charge in [0.05, 0.1) is 0 Å². The number of alkyl carbamates (subject to hydrolysis) is 1. The van der Waals surface area contributed by atoms with E-state index >= 15 is 0 Å². The third kappa shape index (κ3) is 5.16. The van der Waals surface area contributed by atoms with Crippen molar-refractivity contribution in [2.75, 3.05) is 6.54 Å². The summed E-state index contributed by atoms with van der Waals surface area (Å²) in [5, 5.41) is 2.72. The van der Waals surface area contributed by atoms with Gasteiger partial charge in [0.25, 0.3) is 0 Å². The van der Waals surface area contributed by atoms with Crippen molar-refractivity contribution < 1.29 is 9.53 Å². The lowest BCUT2D eigenvalue weighted by Gasteiger charge is -2.19. The number of aromatic nitrogens is 2. The largest absolute Gasteiger partial charge is 0.444 e. The number of rotatable bonds is 4. The van der Waals surface area contributed by atoms with E-state index in [2.05, 4.69) is 15.3 Å². The SMILES string of the molecule is CC(C)(C)OC(=O)NCCc1cnc(-c2ccccc2)nc1. The summed E-state index contributed by atoms with van der Waals surface area (Å²) in [5.74, 6) is 0.699. The Labute approximate surface area is 130 Å². The summed E-state index contributed by atoms with van der Waals surface area (Å²) in [6, 6.07) is 9.81. The minimum absolute atomic E-state index is 0.408. The summed E-state index contributed by atoms with van der Waals surface area (Å²) in [6.07, 6.45) is 3.82. The van der Waals surface area contributed by atoms with Crippen molar-refractivity contribution in [1.29, 1.82) is 0 Å². The molecule has 0 fully saturated rings. The van der Waals surface area contributed by atoms with Gasteiger partial charge in [-0.05, 0) is 32.8 Å². The Morgan fingerprint density at radius 2 is 1.77 bits per heavy atom. The lowest BCUT2D eigenvalue weighted by atomic mass is 10.2. The number of nitrogens with one attached hydrogen (secondary N) is 1. The summed E-state index contributed by atoms with van der Waals surface area (Å²) in [5.41, 5.74) is 1.47. The van der Waals surface area contributed by atoms with Gasteiger partial charge in [-0.2, -0.15) is 0 Å². The molecule has 0 atom stereocenters. The topological polar surface area (TPSA) is 64.1 Å². The quantitative estimate of drug-likeness (QED) is 0.941. The Morgan fingerprint density at radius 1 is 1.14 bits per heavy atom. The molecule has 1 amide bonds. The van der Waals surface area contributed by atoms with Crippen LogP contribution in [0, 0.1) is 0 Å². The van der Waals surface area contributed by atoms with E-state index in [0.717, 1.165) is 11.1 Å². The van der Waals surface area contributed by atoms with Gasteiger partial charge in [0.2, 0.25) is 0 Å². The number of ether oxygens (including phenoxy) is 1. The summed E-state index contributed by atoms with van der Waals surface area (Å²) in [7, 11) is 0. The molecule has 2 aromatic rings. The van der Waals surface area contributed by atoms with Crippen LogP contribution in [0.25, 0.3) is 11.4 Å². The summed E-state index contributed by atoms with van der Waals surface area (Å²) < 4.78 is 5.17. The van der Waals surface area contributed by atoms with Crippen LogP contribution >= 0.6 is 0 Å². The first kappa shape index (κ1) is 15.9. The van der Waals surface area contributed by atoms with Gasteiger partial charge < -0.3 is 10.1 Å². The standard InChI is InChI=1S/C17H21N3O2/c1-17(2,3)22-16(21)18-10-9-13-11-19-15(20-12-13)14-7-5-4-6-8-14/h4-8,11-12H,9-10H2,1-3H3,(H,18,21). The van der Waals surface area contributed by atoms with Crippen molar-refractivity contribution in [2.24, 2.45) is 0 Å². The van der Waals surface area contributed by atoms with Crippen LogP contribution in [-0.4, -0.2) is 28.2 Å². The molecule has 0 saturated carbocycles. The number of carbonyl (C=O) groups is 1. The number of hydrogen-bond donors (Lipinski definition) is 1. The van der Waals surface area contributed by atoms with Crippen LogP contribution < -0.4 is 5.32 Å². The van der Waals surface area contributed by atoms with E-state index in [1.807, 2.05) is 51.1 Å². The minimum Gasteiger partial charge on any atom is -0.444 e. The fourth-order valence-corrected chi connectivity index (χ4v) is 1.84. The molecule has 0 spiro atoms. The van der Waals surface area contributed by atoms with Crippen LogP contribution in [0.1, 0.15) is 26.3 Å². The number of hydrogen-bond acceptors (Lipinski definition) is 4. The fourth-order valence-electron chi connectivity index (χ4n) is 1.84. The Bertz CT molecular complexity index is 604. The van der Waals surface area contributed by atoms with Gasteiger partial charge in [-0.1, -0.05) is 30.3 Å². The zero-order valence-electron chi connectivity index (χ0n) is 13.2. The van der Waals surface area contributed by atoms with Gasteiger partial charge in [0, 0.05) is 24.5 Å². The molecular weight excluding hydrogens is 278 g/mol. The molecule has 5 heteroatoms. The van der Waals surface area contributed by atoms with Crippen molar-refractivity contribution >= 4 is 6.09 Å². The second kappa shape index (κ2) is 7.02. The number of nitrogens with zero attached hydrogens (tertiary/aromatic N) is 2. The third-order valence-electron chi connectivity index (χ3n) is 2.82. The summed E-state index contributed by atoms with van der Waals surface area (Å²) in [6.45, 7) is 6.00. The van der Waals surface area contributed by atoms with E-state index < -0.39 is 11.7 Å². The Balaban J connectivity index is 1.84. The van der Waals surface area contributed by atoms with E-state index in [4.69, 9.17) is 4.74 Å². The van der Waals surface area contributed by atoms with Gasteiger partial charge in [-0.3, -0.25) is 0 Å². The second-order valence-electron chi connectivity index (χ2n) is 5.96. The molecule has 22 heavy (non-hydrogen) atoms. The third-order valence-corrected chi connectivity index (χ3v) is 2.82. The molecule has 0 bridgehead atoms. The van der Waals surface area contributed by atoms with E-state index in [9.17, 15) is 4.79 Å². The highest BCUT2D eigenvalue weighted by atomic mass is 16.6. The van der Waals surface area contributed by atoms with Crippen LogP contribution in [0.3, 0.4) is 0 Å². The minimum atomic E-state index is -0.482. The maximum absolute atomic E-state index is 11.5. The van der Waals surface area contributed by atoms with Gasteiger partial charge >= 0.3 is 6.09 Å². The van der Waals surface area contributed by atoms with E-state index in [0.29, 0.717) is 18.8 Å². The van der Waals surface area contributed by atoms with Crippen LogP contribution in [0.5, 0.6) is 0 Å². The van der Waals surface area contributed by atoms with Crippen molar-refractivity contribution in [2.45, 2.75) is 32.8 Å².